The van der Waals surface area contributed by atoms with E-state index in [1.165, 1.54) is 0 Å². The lowest BCUT2D eigenvalue weighted by atomic mass is 10.1. The van der Waals surface area contributed by atoms with Gasteiger partial charge in [0.1, 0.15) is 17.2 Å². The molecule has 0 aliphatic rings. The largest absolute Gasteiger partial charge is 0.361 e. The van der Waals surface area contributed by atoms with Gasteiger partial charge in [-0.25, -0.2) is 13.1 Å². The van der Waals surface area contributed by atoms with Crippen LogP contribution in [0.25, 0.3) is 0 Å². The minimum Gasteiger partial charge on any atom is -0.361 e. The van der Waals surface area contributed by atoms with E-state index in [1.807, 2.05) is 13.8 Å². The topological polar surface area (TPSA) is 98.2 Å². The molecule has 1 atom stereocenters. The van der Waals surface area contributed by atoms with E-state index < -0.39 is 10.0 Å². The zero-order chi connectivity index (χ0) is 13.1. The minimum atomic E-state index is -3.43. The summed E-state index contributed by atoms with van der Waals surface area (Å²) in [5, 5.41) is 3.65. The molecule has 1 aromatic rings. The fourth-order valence-corrected chi connectivity index (χ4v) is 2.85. The van der Waals surface area contributed by atoms with Crippen LogP contribution < -0.4 is 10.5 Å². The van der Waals surface area contributed by atoms with E-state index in [2.05, 4.69) is 9.88 Å². The standard InChI is InChI=1S/C10H19N3O3S/c1-7(2)10(5-11)13-17(14,15)6-9-4-8(3)16-12-9/h4,7,10,13H,5-6,11H2,1-3H3. The van der Waals surface area contributed by atoms with Crippen molar-refractivity contribution in [1.82, 2.24) is 9.88 Å². The third kappa shape index (κ3) is 4.45. The third-order valence-electron chi connectivity index (χ3n) is 2.40. The highest BCUT2D eigenvalue weighted by molar-refractivity contribution is 7.88. The molecule has 0 radical (unpaired) electrons. The van der Waals surface area contributed by atoms with Gasteiger partial charge in [0.05, 0.1) is 0 Å². The van der Waals surface area contributed by atoms with E-state index >= 15 is 0 Å². The lowest BCUT2D eigenvalue weighted by Crippen LogP contribution is -2.44. The van der Waals surface area contributed by atoms with Crippen molar-refractivity contribution >= 4 is 10.0 Å². The summed E-state index contributed by atoms with van der Waals surface area (Å²) >= 11 is 0. The highest BCUT2D eigenvalue weighted by atomic mass is 32.2. The molecule has 1 aromatic heterocycles. The van der Waals surface area contributed by atoms with Gasteiger partial charge in [-0.15, -0.1) is 0 Å². The Morgan fingerprint density at radius 3 is 2.59 bits per heavy atom. The molecule has 1 rings (SSSR count). The predicted molar refractivity (Wildman–Crippen MR) is 64.7 cm³/mol. The Balaban J connectivity index is 2.69. The smallest absolute Gasteiger partial charge is 0.217 e. The van der Waals surface area contributed by atoms with Crippen molar-refractivity contribution < 1.29 is 12.9 Å². The number of aromatic nitrogens is 1. The van der Waals surface area contributed by atoms with Gasteiger partial charge in [-0.3, -0.25) is 0 Å². The summed E-state index contributed by atoms with van der Waals surface area (Å²) in [7, 11) is -3.43. The molecule has 7 heteroatoms. The number of rotatable bonds is 6. The van der Waals surface area contributed by atoms with Crippen molar-refractivity contribution in [2.75, 3.05) is 6.54 Å². The van der Waals surface area contributed by atoms with Crippen molar-refractivity contribution in [2.45, 2.75) is 32.6 Å². The van der Waals surface area contributed by atoms with E-state index in [0.29, 0.717) is 11.5 Å². The van der Waals surface area contributed by atoms with Crippen LogP contribution in [-0.2, 0) is 15.8 Å². The van der Waals surface area contributed by atoms with E-state index in [-0.39, 0.29) is 24.3 Å². The molecular weight excluding hydrogens is 242 g/mol. The monoisotopic (exact) mass is 261 g/mol. The molecule has 0 spiro atoms. The van der Waals surface area contributed by atoms with Gasteiger partial charge in [-0.1, -0.05) is 19.0 Å². The molecule has 0 amide bonds. The fraction of sp³-hybridized carbons (Fsp3) is 0.700. The van der Waals surface area contributed by atoms with Crippen LogP contribution in [0.1, 0.15) is 25.3 Å². The van der Waals surface area contributed by atoms with E-state index in [1.54, 1.807) is 13.0 Å². The summed E-state index contributed by atoms with van der Waals surface area (Å²) in [4.78, 5) is 0. The van der Waals surface area contributed by atoms with Gasteiger partial charge in [-0.2, -0.15) is 0 Å². The van der Waals surface area contributed by atoms with E-state index in [0.717, 1.165) is 0 Å². The molecule has 0 fully saturated rings. The first-order valence-corrected chi connectivity index (χ1v) is 7.11. The van der Waals surface area contributed by atoms with Crippen molar-refractivity contribution in [3.05, 3.63) is 17.5 Å². The van der Waals surface area contributed by atoms with Gasteiger partial charge in [0.25, 0.3) is 0 Å². The normalized spacial score (nSPS) is 14.2. The quantitative estimate of drug-likeness (QED) is 0.771. The van der Waals surface area contributed by atoms with Gasteiger partial charge in [0, 0.05) is 18.7 Å². The summed E-state index contributed by atoms with van der Waals surface area (Å²) in [5.74, 6) is 0.552. The molecule has 0 aliphatic carbocycles. The van der Waals surface area contributed by atoms with Crippen LogP contribution in [0.3, 0.4) is 0 Å². The summed E-state index contributed by atoms with van der Waals surface area (Å²) in [6, 6.07) is 1.35. The number of hydrogen-bond donors (Lipinski definition) is 2. The zero-order valence-electron chi connectivity index (χ0n) is 10.3. The Kier molecular flexibility index (Phi) is 4.67. The molecule has 3 N–H and O–H groups in total. The second-order valence-corrected chi connectivity index (χ2v) is 6.15. The Labute approximate surface area is 102 Å². The predicted octanol–water partition coefficient (Wildman–Crippen LogP) is 0.386. The summed E-state index contributed by atoms with van der Waals surface area (Å²) < 4.78 is 31.1. The summed E-state index contributed by atoms with van der Waals surface area (Å²) in [6.45, 7) is 5.82. The second kappa shape index (κ2) is 5.61. The maximum atomic E-state index is 11.8. The average molecular weight is 261 g/mol. The molecule has 0 saturated carbocycles. The maximum absolute atomic E-state index is 11.8. The minimum absolute atomic E-state index is 0.147. The Morgan fingerprint density at radius 1 is 1.53 bits per heavy atom. The third-order valence-corrected chi connectivity index (χ3v) is 3.74. The van der Waals surface area contributed by atoms with Gasteiger partial charge in [0.2, 0.25) is 10.0 Å². The summed E-state index contributed by atoms with van der Waals surface area (Å²) in [6.07, 6.45) is 0. The maximum Gasteiger partial charge on any atom is 0.217 e. The molecule has 0 aliphatic heterocycles. The number of nitrogens with zero attached hydrogens (tertiary/aromatic N) is 1. The van der Waals surface area contributed by atoms with Crippen molar-refractivity contribution in [2.24, 2.45) is 11.7 Å². The molecule has 0 bridgehead atoms. The lowest BCUT2D eigenvalue weighted by Gasteiger charge is -2.19. The molecule has 0 aromatic carbocycles. The first kappa shape index (κ1) is 14.1. The first-order chi connectivity index (χ1) is 7.84. The molecule has 17 heavy (non-hydrogen) atoms. The van der Waals surface area contributed by atoms with Gasteiger partial charge in [-0.05, 0) is 12.8 Å². The SMILES string of the molecule is Cc1cc(CS(=O)(=O)NC(CN)C(C)C)no1. The molecule has 0 saturated heterocycles. The van der Waals surface area contributed by atoms with E-state index in [9.17, 15) is 8.42 Å². The van der Waals surface area contributed by atoms with Crippen molar-refractivity contribution in [1.29, 1.82) is 0 Å². The number of aryl methyl sites for hydroxylation is 1. The van der Waals surface area contributed by atoms with Gasteiger partial charge < -0.3 is 10.3 Å². The number of nitrogens with two attached hydrogens (primary N) is 1. The fourth-order valence-electron chi connectivity index (χ4n) is 1.41. The van der Waals surface area contributed by atoms with Gasteiger partial charge in [0.15, 0.2) is 0 Å². The van der Waals surface area contributed by atoms with Gasteiger partial charge >= 0.3 is 0 Å². The molecule has 1 heterocycles. The second-order valence-electron chi connectivity index (χ2n) is 4.39. The van der Waals surface area contributed by atoms with Crippen LogP contribution in [0.5, 0.6) is 0 Å². The number of hydrogen-bond acceptors (Lipinski definition) is 5. The van der Waals surface area contributed by atoms with Crippen molar-refractivity contribution in [3.63, 3.8) is 0 Å². The van der Waals surface area contributed by atoms with Crippen LogP contribution in [0.4, 0.5) is 0 Å². The molecular formula is C10H19N3O3S. The molecule has 6 nitrogen and oxygen atoms in total. The summed E-state index contributed by atoms with van der Waals surface area (Å²) in [5.41, 5.74) is 5.92. The Morgan fingerprint density at radius 2 is 2.18 bits per heavy atom. The van der Waals surface area contributed by atoms with Crippen LogP contribution in [-0.4, -0.2) is 26.2 Å². The van der Waals surface area contributed by atoms with Crippen molar-refractivity contribution in [3.8, 4) is 0 Å². The first-order valence-electron chi connectivity index (χ1n) is 5.46. The number of nitrogens with one attached hydrogen (secondary N) is 1. The molecule has 1 unspecified atom stereocenters. The van der Waals surface area contributed by atoms with Crippen LogP contribution in [0.2, 0.25) is 0 Å². The van der Waals surface area contributed by atoms with Crippen LogP contribution in [0.15, 0.2) is 10.6 Å². The highest BCUT2D eigenvalue weighted by Crippen LogP contribution is 2.08. The van der Waals surface area contributed by atoms with Crippen LogP contribution >= 0.6 is 0 Å². The number of sulfonamides is 1. The molecule has 98 valence electrons. The lowest BCUT2D eigenvalue weighted by molar-refractivity contribution is 0.392. The van der Waals surface area contributed by atoms with Crippen LogP contribution in [0, 0.1) is 12.8 Å². The zero-order valence-corrected chi connectivity index (χ0v) is 11.1. The Hall–Kier alpha value is -0.920. The average Bonchev–Trinajstić information content (AvgIpc) is 2.59. The van der Waals surface area contributed by atoms with E-state index in [4.69, 9.17) is 10.3 Å². The Bertz CT molecular complexity index is 453. The highest BCUT2D eigenvalue weighted by Gasteiger charge is 2.21.